The van der Waals surface area contributed by atoms with Crippen molar-refractivity contribution in [3.8, 4) is 0 Å². The molecule has 0 aliphatic carbocycles. The highest BCUT2D eigenvalue weighted by Gasteiger charge is 2.32. The van der Waals surface area contributed by atoms with Crippen LogP contribution in [0.3, 0.4) is 0 Å². The molecular weight excluding hydrogens is 384 g/mol. The van der Waals surface area contributed by atoms with Gasteiger partial charge in [-0.1, -0.05) is 48.9 Å². The van der Waals surface area contributed by atoms with Gasteiger partial charge < -0.3 is 5.32 Å². The fourth-order valence-corrected chi connectivity index (χ4v) is 5.14. The Hall–Kier alpha value is -2.18. The van der Waals surface area contributed by atoms with E-state index in [1.807, 2.05) is 26.0 Å². The molecule has 2 aromatic rings. The van der Waals surface area contributed by atoms with E-state index in [0.29, 0.717) is 30.8 Å². The molecule has 0 unspecified atom stereocenters. The second kappa shape index (κ2) is 9.09. The number of nitrogens with one attached hydrogen (secondary N) is 1. The molecule has 1 atom stereocenters. The standard InChI is InChI=1S/C23H30N2O3S/c1-4-19-7-9-20(10-8-19)18(3)24-23(26)21-13-15-25(16-14-21)29(27,28)22-11-5-17(2)6-12-22/h5-12,18,21H,4,13-16H2,1-3H3,(H,24,26)/t18-/m0/s1. The van der Waals surface area contributed by atoms with Gasteiger partial charge in [0.2, 0.25) is 15.9 Å². The van der Waals surface area contributed by atoms with E-state index in [-0.39, 0.29) is 17.9 Å². The van der Waals surface area contributed by atoms with Crippen LogP contribution in [0.5, 0.6) is 0 Å². The predicted octanol–water partition coefficient (Wildman–Crippen LogP) is 3.84. The minimum Gasteiger partial charge on any atom is -0.349 e. The van der Waals surface area contributed by atoms with Gasteiger partial charge in [-0.2, -0.15) is 4.31 Å². The van der Waals surface area contributed by atoms with Crippen LogP contribution in [-0.4, -0.2) is 31.7 Å². The van der Waals surface area contributed by atoms with E-state index in [9.17, 15) is 13.2 Å². The zero-order chi connectivity index (χ0) is 21.0. The van der Waals surface area contributed by atoms with Gasteiger partial charge in [0.25, 0.3) is 0 Å². The number of sulfonamides is 1. The quantitative estimate of drug-likeness (QED) is 0.781. The molecular formula is C23H30N2O3S. The summed E-state index contributed by atoms with van der Waals surface area (Å²) in [5, 5.41) is 3.09. The number of carbonyl (C=O) groups excluding carboxylic acids is 1. The smallest absolute Gasteiger partial charge is 0.243 e. The minimum absolute atomic E-state index is 0.00412. The number of hydrogen-bond acceptors (Lipinski definition) is 3. The lowest BCUT2D eigenvalue weighted by atomic mass is 9.96. The van der Waals surface area contributed by atoms with E-state index in [1.54, 1.807) is 12.1 Å². The molecule has 0 spiro atoms. The van der Waals surface area contributed by atoms with Gasteiger partial charge >= 0.3 is 0 Å². The van der Waals surface area contributed by atoms with Gasteiger partial charge in [-0.25, -0.2) is 8.42 Å². The van der Waals surface area contributed by atoms with Crippen LogP contribution >= 0.6 is 0 Å². The second-order valence-electron chi connectivity index (χ2n) is 7.82. The number of benzene rings is 2. The Morgan fingerprint density at radius 2 is 1.66 bits per heavy atom. The maximum absolute atomic E-state index is 12.8. The number of piperidine rings is 1. The molecule has 1 heterocycles. The Bertz CT molecular complexity index is 929. The molecule has 2 aromatic carbocycles. The van der Waals surface area contributed by atoms with Crippen molar-refractivity contribution in [3.05, 3.63) is 65.2 Å². The summed E-state index contributed by atoms with van der Waals surface area (Å²) in [6.45, 7) is 6.77. The summed E-state index contributed by atoms with van der Waals surface area (Å²) in [5.41, 5.74) is 3.38. The summed E-state index contributed by atoms with van der Waals surface area (Å²) in [5.74, 6) is -0.152. The third-order valence-corrected chi connectivity index (χ3v) is 7.64. The molecule has 1 fully saturated rings. The van der Waals surface area contributed by atoms with Crippen molar-refractivity contribution in [2.24, 2.45) is 5.92 Å². The number of amides is 1. The zero-order valence-corrected chi connectivity index (χ0v) is 18.2. The third kappa shape index (κ3) is 5.06. The van der Waals surface area contributed by atoms with Gasteiger partial charge in [-0.15, -0.1) is 0 Å². The lowest BCUT2D eigenvalue weighted by Crippen LogP contribution is -2.43. The highest BCUT2D eigenvalue weighted by molar-refractivity contribution is 7.89. The van der Waals surface area contributed by atoms with Crippen LogP contribution in [0.1, 0.15) is 49.4 Å². The van der Waals surface area contributed by atoms with E-state index in [0.717, 1.165) is 17.5 Å². The molecule has 1 aliphatic rings. The molecule has 0 radical (unpaired) electrons. The molecule has 5 nitrogen and oxygen atoms in total. The summed E-state index contributed by atoms with van der Waals surface area (Å²) in [6.07, 6.45) is 2.07. The normalized spacial score (nSPS) is 17.1. The molecule has 6 heteroatoms. The van der Waals surface area contributed by atoms with Crippen LogP contribution < -0.4 is 5.32 Å². The average molecular weight is 415 g/mol. The molecule has 156 valence electrons. The Labute approximate surface area is 174 Å². The topological polar surface area (TPSA) is 66.5 Å². The summed E-state index contributed by atoms with van der Waals surface area (Å²) in [4.78, 5) is 13.0. The first-order chi connectivity index (χ1) is 13.8. The summed E-state index contributed by atoms with van der Waals surface area (Å²) < 4.78 is 27.1. The maximum Gasteiger partial charge on any atom is 0.243 e. The summed E-state index contributed by atoms with van der Waals surface area (Å²) in [6, 6.07) is 15.1. The van der Waals surface area contributed by atoms with Crippen LogP contribution in [0, 0.1) is 12.8 Å². The number of nitrogens with zero attached hydrogens (tertiary/aromatic N) is 1. The first-order valence-corrected chi connectivity index (χ1v) is 11.7. The van der Waals surface area contributed by atoms with E-state index in [2.05, 4.69) is 36.5 Å². The van der Waals surface area contributed by atoms with Gasteiger partial charge in [0.05, 0.1) is 10.9 Å². The third-order valence-electron chi connectivity index (χ3n) is 5.73. The van der Waals surface area contributed by atoms with Gasteiger partial charge in [-0.05, 0) is 56.4 Å². The minimum atomic E-state index is -3.50. The van der Waals surface area contributed by atoms with E-state index < -0.39 is 10.0 Å². The van der Waals surface area contributed by atoms with Crippen LogP contribution in [0.15, 0.2) is 53.4 Å². The van der Waals surface area contributed by atoms with Crippen molar-refractivity contribution in [1.82, 2.24) is 9.62 Å². The van der Waals surface area contributed by atoms with Gasteiger partial charge in [0.1, 0.15) is 0 Å². The fraction of sp³-hybridized carbons (Fsp3) is 0.435. The first kappa shape index (κ1) is 21.5. The number of aryl methyl sites for hydroxylation is 2. The number of hydrogen-bond donors (Lipinski definition) is 1. The Morgan fingerprint density at radius 1 is 1.07 bits per heavy atom. The highest BCUT2D eigenvalue weighted by Crippen LogP contribution is 2.25. The average Bonchev–Trinajstić information content (AvgIpc) is 2.74. The summed E-state index contributed by atoms with van der Waals surface area (Å²) >= 11 is 0. The van der Waals surface area contributed by atoms with E-state index >= 15 is 0 Å². The van der Waals surface area contributed by atoms with Gasteiger partial charge in [0.15, 0.2) is 0 Å². The van der Waals surface area contributed by atoms with Crippen LogP contribution in [0.4, 0.5) is 0 Å². The van der Waals surface area contributed by atoms with Crippen molar-refractivity contribution in [3.63, 3.8) is 0 Å². The van der Waals surface area contributed by atoms with Crippen molar-refractivity contribution >= 4 is 15.9 Å². The molecule has 1 aliphatic heterocycles. The lowest BCUT2D eigenvalue weighted by Gasteiger charge is -2.31. The first-order valence-electron chi connectivity index (χ1n) is 10.3. The molecule has 1 N–H and O–H groups in total. The molecule has 29 heavy (non-hydrogen) atoms. The largest absolute Gasteiger partial charge is 0.349 e. The van der Waals surface area contributed by atoms with Gasteiger partial charge in [0, 0.05) is 19.0 Å². The van der Waals surface area contributed by atoms with Gasteiger partial charge in [-0.3, -0.25) is 4.79 Å². The molecule has 0 aromatic heterocycles. The van der Waals surface area contributed by atoms with Crippen molar-refractivity contribution < 1.29 is 13.2 Å². The Balaban J connectivity index is 1.56. The zero-order valence-electron chi connectivity index (χ0n) is 17.4. The van der Waals surface area contributed by atoms with Crippen molar-refractivity contribution in [2.75, 3.05) is 13.1 Å². The maximum atomic E-state index is 12.8. The summed E-state index contributed by atoms with van der Waals surface area (Å²) in [7, 11) is -3.50. The fourth-order valence-electron chi connectivity index (χ4n) is 3.67. The van der Waals surface area contributed by atoms with Crippen molar-refractivity contribution in [2.45, 2.75) is 51.0 Å². The monoisotopic (exact) mass is 414 g/mol. The SMILES string of the molecule is CCc1ccc([C@H](C)NC(=O)C2CCN(S(=O)(=O)c3ccc(C)cc3)CC2)cc1. The van der Waals surface area contributed by atoms with Crippen LogP contribution in [-0.2, 0) is 21.2 Å². The number of carbonyl (C=O) groups is 1. The second-order valence-corrected chi connectivity index (χ2v) is 9.75. The number of rotatable bonds is 6. The highest BCUT2D eigenvalue weighted by atomic mass is 32.2. The van der Waals surface area contributed by atoms with Crippen LogP contribution in [0.2, 0.25) is 0 Å². The molecule has 1 saturated heterocycles. The molecule has 0 saturated carbocycles. The Morgan fingerprint density at radius 3 is 2.21 bits per heavy atom. The van der Waals surface area contributed by atoms with E-state index in [4.69, 9.17) is 0 Å². The van der Waals surface area contributed by atoms with Crippen molar-refractivity contribution in [1.29, 1.82) is 0 Å². The van der Waals surface area contributed by atoms with Crippen LogP contribution in [0.25, 0.3) is 0 Å². The lowest BCUT2D eigenvalue weighted by molar-refractivity contribution is -0.126. The Kier molecular flexibility index (Phi) is 6.75. The molecule has 0 bridgehead atoms. The molecule has 1 amide bonds. The predicted molar refractivity (Wildman–Crippen MR) is 115 cm³/mol. The molecule has 3 rings (SSSR count). The van der Waals surface area contributed by atoms with E-state index in [1.165, 1.54) is 9.87 Å².